The number of rotatable bonds is 4. The van der Waals surface area contributed by atoms with E-state index in [9.17, 15) is 9.59 Å². The van der Waals surface area contributed by atoms with E-state index < -0.39 is 6.04 Å². The third-order valence-corrected chi connectivity index (χ3v) is 6.35. The Kier molecular flexibility index (Phi) is 5.88. The van der Waals surface area contributed by atoms with E-state index >= 15 is 0 Å². The highest BCUT2D eigenvalue weighted by molar-refractivity contribution is 6.31. The Morgan fingerprint density at radius 3 is 2.59 bits per heavy atom. The molecule has 2 aromatic carbocycles. The summed E-state index contributed by atoms with van der Waals surface area (Å²) in [6.07, 6.45) is 2.48. The van der Waals surface area contributed by atoms with Gasteiger partial charge in [0, 0.05) is 24.0 Å². The lowest BCUT2D eigenvalue weighted by Crippen LogP contribution is -2.51. The van der Waals surface area contributed by atoms with Crippen molar-refractivity contribution in [3.63, 3.8) is 0 Å². The number of hydrogen-bond acceptors (Lipinski definition) is 4. The third-order valence-electron chi connectivity index (χ3n) is 6.01. The molecule has 152 valence electrons. The summed E-state index contributed by atoms with van der Waals surface area (Å²) in [4.78, 5) is 29.6. The van der Waals surface area contributed by atoms with Gasteiger partial charge in [-0.15, -0.1) is 0 Å². The number of likely N-dealkylation sites (tertiary alicyclic amines) is 1. The van der Waals surface area contributed by atoms with Crippen LogP contribution < -0.4 is 0 Å². The molecule has 2 aliphatic heterocycles. The Bertz CT molecular complexity index is 917. The van der Waals surface area contributed by atoms with Gasteiger partial charge in [0.05, 0.1) is 13.7 Å². The van der Waals surface area contributed by atoms with E-state index in [4.69, 9.17) is 16.3 Å². The number of carbonyl (C=O) groups excluding carboxylic acids is 2. The molecule has 1 amide bonds. The van der Waals surface area contributed by atoms with Crippen molar-refractivity contribution in [2.45, 2.75) is 37.9 Å². The smallest absolute Gasteiger partial charge is 0.328 e. The molecule has 1 fully saturated rings. The molecule has 2 unspecified atom stereocenters. The maximum Gasteiger partial charge on any atom is 0.328 e. The van der Waals surface area contributed by atoms with Gasteiger partial charge in [0.1, 0.15) is 6.04 Å². The van der Waals surface area contributed by atoms with Crippen LogP contribution in [-0.2, 0) is 27.3 Å². The number of amides is 1. The lowest BCUT2D eigenvalue weighted by Gasteiger charge is -2.36. The molecule has 4 rings (SSSR count). The lowest BCUT2D eigenvalue weighted by molar-refractivity contribution is -0.154. The van der Waals surface area contributed by atoms with Crippen LogP contribution in [0.3, 0.4) is 0 Å². The van der Waals surface area contributed by atoms with Crippen molar-refractivity contribution in [1.29, 1.82) is 0 Å². The molecule has 0 N–H and O–H groups in total. The second-order valence-electron chi connectivity index (χ2n) is 7.68. The Balaban J connectivity index is 1.54. The van der Waals surface area contributed by atoms with Crippen LogP contribution in [0, 0.1) is 0 Å². The number of esters is 1. The SMILES string of the molecule is COC(=O)C1Cc2ccccc2CN1C(=O)CN1CCCC1c1ccccc1Cl. The van der Waals surface area contributed by atoms with Gasteiger partial charge in [-0.3, -0.25) is 9.69 Å². The Morgan fingerprint density at radius 2 is 1.83 bits per heavy atom. The van der Waals surface area contributed by atoms with Crippen LogP contribution in [0.4, 0.5) is 0 Å². The van der Waals surface area contributed by atoms with E-state index in [0.29, 0.717) is 13.0 Å². The fraction of sp³-hybridized carbons (Fsp3) is 0.391. The molecule has 5 nitrogen and oxygen atoms in total. The Morgan fingerprint density at radius 1 is 1.10 bits per heavy atom. The first-order valence-corrected chi connectivity index (χ1v) is 10.4. The number of carbonyl (C=O) groups is 2. The first-order chi connectivity index (χ1) is 14.1. The van der Waals surface area contributed by atoms with Crippen LogP contribution in [0.2, 0.25) is 5.02 Å². The normalized spacial score (nSPS) is 21.7. The highest BCUT2D eigenvalue weighted by Gasteiger charge is 2.37. The first kappa shape index (κ1) is 19.9. The Hall–Kier alpha value is -2.37. The fourth-order valence-electron chi connectivity index (χ4n) is 4.51. The van der Waals surface area contributed by atoms with Crippen molar-refractivity contribution in [3.05, 3.63) is 70.2 Å². The third kappa shape index (κ3) is 4.02. The molecule has 29 heavy (non-hydrogen) atoms. The molecule has 2 atom stereocenters. The average molecular weight is 413 g/mol. The molecule has 1 saturated heterocycles. The van der Waals surface area contributed by atoms with Crippen LogP contribution in [0.5, 0.6) is 0 Å². The molecule has 0 radical (unpaired) electrons. The summed E-state index contributed by atoms with van der Waals surface area (Å²) in [6.45, 7) is 1.54. The number of hydrogen-bond donors (Lipinski definition) is 0. The summed E-state index contributed by atoms with van der Waals surface area (Å²) >= 11 is 6.41. The molecule has 2 aliphatic rings. The van der Waals surface area contributed by atoms with E-state index in [1.807, 2.05) is 48.5 Å². The van der Waals surface area contributed by atoms with E-state index in [0.717, 1.165) is 41.1 Å². The van der Waals surface area contributed by atoms with Crippen LogP contribution in [0.25, 0.3) is 0 Å². The highest BCUT2D eigenvalue weighted by Crippen LogP contribution is 2.36. The summed E-state index contributed by atoms with van der Waals surface area (Å²) in [7, 11) is 1.37. The molecule has 0 aromatic heterocycles. The van der Waals surface area contributed by atoms with E-state index in [1.165, 1.54) is 7.11 Å². The molecule has 0 aliphatic carbocycles. The number of ether oxygens (including phenoxy) is 1. The monoisotopic (exact) mass is 412 g/mol. The number of methoxy groups -OCH3 is 1. The van der Waals surface area contributed by atoms with E-state index in [2.05, 4.69) is 4.90 Å². The van der Waals surface area contributed by atoms with Crippen LogP contribution >= 0.6 is 11.6 Å². The molecular weight excluding hydrogens is 388 g/mol. The zero-order valence-electron chi connectivity index (χ0n) is 16.5. The van der Waals surface area contributed by atoms with Gasteiger partial charge in [0.15, 0.2) is 0 Å². The molecule has 2 heterocycles. The van der Waals surface area contributed by atoms with Crippen molar-refractivity contribution >= 4 is 23.5 Å². The fourth-order valence-corrected chi connectivity index (χ4v) is 4.77. The number of halogens is 1. The second kappa shape index (κ2) is 8.56. The zero-order valence-corrected chi connectivity index (χ0v) is 17.3. The number of nitrogens with zero attached hydrogens (tertiary/aromatic N) is 2. The van der Waals surface area contributed by atoms with Crippen LogP contribution in [0.1, 0.15) is 35.6 Å². The predicted molar refractivity (Wildman–Crippen MR) is 112 cm³/mol. The number of fused-ring (bicyclic) bond motifs is 1. The maximum absolute atomic E-state index is 13.3. The minimum Gasteiger partial charge on any atom is -0.467 e. The topological polar surface area (TPSA) is 49.9 Å². The summed E-state index contributed by atoms with van der Waals surface area (Å²) in [5.74, 6) is -0.411. The van der Waals surface area contributed by atoms with Crippen molar-refractivity contribution in [3.8, 4) is 0 Å². The van der Waals surface area contributed by atoms with E-state index in [-0.39, 0.29) is 24.5 Å². The van der Waals surface area contributed by atoms with Gasteiger partial charge >= 0.3 is 5.97 Å². The molecule has 2 aromatic rings. The van der Waals surface area contributed by atoms with Crippen LogP contribution in [0.15, 0.2) is 48.5 Å². The Labute approximate surface area is 176 Å². The van der Waals surface area contributed by atoms with Gasteiger partial charge in [-0.1, -0.05) is 54.1 Å². The van der Waals surface area contributed by atoms with Gasteiger partial charge in [-0.2, -0.15) is 0 Å². The minimum atomic E-state index is -0.580. The molecule has 0 spiro atoms. The lowest BCUT2D eigenvalue weighted by atomic mass is 9.94. The highest BCUT2D eigenvalue weighted by atomic mass is 35.5. The van der Waals surface area contributed by atoms with Gasteiger partial charge in [0.25, 0.3) is 0 Å². The largest absolute Gasteiger partial charge is 0.467 e. The van der Waals surface area contributed by atoms with Crippen molar-refractivity contribution in [2.24, 2.45) is 0 Å². The van der Waals surface area contributed by atoms with Gasteiger partial charge in [0.2, 0.25) is 5.91 Å². The predicted octanol–water partition coefficient (Wildman–Crippen LogP) is 3.60. The molecule has 0 saturated carbocycles. The van der Waals surface area contributed by atoms with Crippen LogP contribution in [-0.4, -0.2) is 47.9 Å². The summed E-state index contributed by atoms with van der Waals surface area (Å²) in [5, 5.41) is 0.733. The van der Waals surface area contributed by atoms with Crippen molar-refractivity contribution in [2.75, 3.05) is 20.2 Å². The van der Waals surface area contributed by atoms with Crippen molar-refractivity contribution in [1.82, 2.24) is 9.80 Å². The molecular formula is C23H25ClN2O3. The van der Waals surface area contributed by atoms with Gasteiger partial charge in [-0.05, 0) is 42.1 Å². The standard InChI is InChI=1S/C23H25ClN2O3/c1-29-23(28)21-13-16-7-2-3-8-17(16)14-26(21)22(27)15-25-12-6-11-20(25)18-9-4-5-10-19(18)24/h2-5,7-10,20-21H,6,11-15H2,1H3. The minimum absolute atomic E-state index is 0.0474. The van der Waals surface area contributed by atoms with Gasteiger partial charge < -0.3 is 9.64 Å². The van der Waals surface area contributed by atoms with Crippen molar-refractivity contribution < 1.29 is 14.3 Å². The number of benzene rings is 2. The maximum atomic E-state index is 13.3. The van der Waals surface area contributed by atoms with Gasteiger partial charge in [-0.25, -0.2) is 4.79 Å². The quantitative estimate of drug-likeness (QED) is 0.720. The summed E-state index contributed by atoms with van der Waals surface area (Å²) in [5.41, 5.74) is 3.25. The zero-order chi connectivity index (χ0) is 20.4. The summed E-state index contributed by atoms with van der Waals surface area (Å²) in [6, 6.07) is 15.3. The van der Waals surface area contributed by atoms with E-state index in [1.54, 1.807) is 4.90 Å². The second-order valence-corrected chi connectivity index (χ2v) is 8.09. The first-order valence-electron chi connectivity index (χ1n) is 10.0. The summed E-state index contributed by atoms with van der Waals surface area (Å²) < 4.78 is 5.00. The average Bonchev–Trinajstić information content (AvgIpc) is 3.20. The molecule has 6 heteroatoms. The molecule has 0 bridgehead atoms.